The molecule has 0 bridgehead atoms. The van der Waals surface area contributed by atoms with Gasteiger partial charge in [0.15, 0.2) is 0 Å². The maximum atomic E-state index is 10.0. The molecule has 0 radical (unpaired) electrons. The average Bonchev–Trinajstić information content (AvgIpc) is 1.63. The molecule has 0 aromatic rings. The first-order valence-electron chi connectivity index (χ1n) is 2.14. The van der Waals surface area contributed by atoms with Crippen LogP contribution in [0.25, 0.3) is 0 Å². The van der Waals surface area contributed by atoms with Gasteiger partial charge in [-0.15, -0.1) is 12.6 Å². The van der Waals surface area contributed by atoms with Crippen molar-refractivity contribution in [2.75, 3.05) is 0 Å². The molecule has 0 aromatic heterocycles. The van der Waals surface area contributed by atoms with Gasteiger partial charge in [0, 0.05) is 12.4 Å². The second-order valence-electron chi connectivity index (χ2n) is 1.43. The van der Waals surface area contributed by atoms with E-state index < -0.39 is 23.6 Å². The van der Waals surface area contributed by atoms with Crippen molar-refractivity contribution in [3.05, 3.63) is 0 Å². The number of hydrogen-bond donors (Lipinski definition) is 2. The summed E-state index contributed by atoms with van der Waals surface area (Å²) in [4.78, 5) is 19.7. The van der Waals surface area contributed by atoms with E-state index in [0.717, 1.165) is 0 Å². The van der Waals surface area contributed by atoms with Crippen molar-refractivity contribution in [3.8, 4) is 0 Å². The normalized spacial score (nSPS) is 12.7. The van der Waals surface area contributed by atoms with E-state index in [4.69, 9.17) is 5.11 Å². The largest absolute Gasteiger partial charge is 0.550 e. The van der Waals surface area contributed by atoms with E-state index in [0.29, 0.717) is 0 Å². The van der Waals surface area contributed by atoms with Gasteiger partial charge in [-0.05, 0) is 0 Å². The zero-order valence-electron chi connectivity index (χ0n) is 4.40. The van der Waals surface area contributed by atoms with Crippen LogP contribution in [0.3, 0.4) is 0 Å². The number of thiol groups is 1. The van der Waals surface area contributed by atoms with E-state index in [1.807, 2.05) is 0 Å². The Labute approximate surface area is 56.9 Å². The van der Waals surface area contributed by atoms with Crippen LogP contribution in [0.2, 0.25) is 0 Å². The van der Waals surface area contributed by atoms with E-state index in [2.05, 4.69) is 12.6 Å². The molecule has 0 amide bonds. The lowest BCUT2D eigenvalue weighted by molar-refractivity contribution is -0.307. The highest BCUT2D eigenvalue weighted by molar-refractivity contribution is 7.96. The molecule has 1 N–H and O–H groups in total. The Morgan fingerprint density at radius 1 is 1.67 bits per heavy atom. The third-order valence-corrected chi connectivity index (χ3v) is 0.943. The van der Waals surface area contributed by atoms with Crippen LogP contribution in [0, 0.1) is 0 Å². The molecule has 0 aromatic carbocycles. The van der Waals surface area contributed by atoms with Gasteiger partial charge >= 0.3 is 0 Å². The first-order chi connectivity index (χ1) is 4.04. The molecule has 0 aliphatic carbocycles. The Morgan fingerprint density at radius 2 is 2.11 bits per heavy atom. The number of aliphatic carboxylic acids is 1. The highest BCUT2D eigenvalue weighted by Gasteiger charge is 2.09. The van der Waals surface area contributed by atoms with Crippen molar-refractivity contribution in [3.63, 3.8) is 0 Å². The second kappa shape index (κ2) is 3.47. The van der Waals surface area contributed by atoms with Crippen molar-refractivity contribution in [2.24, 2.45) is 0 Å². The van der Waals surface area contributed by atoms with Crippen LogP contribution in [0.15, 0.2) is 0 Å². The predicted molar refractivity (Wildman–Crippen MR) is 29.6 cm³/mol. The van der Waals surface area contributed by atoms with Crippen LogP contribution >= 0.6 is 12.6 Å². The Balaban J connectivity index is 3.63. The number of carbonyl (C=O) groups is 2. The first kappa shape index (κ1) is 8.45. The Hall–Kier alpha value is -0.550. The fourth-order valence-corrected chi connectivity index (χ4v) is 0.336. The van der Waals surface area contributed by atoms with Gasteiger partial charge in [0.2, 0.25) is 5.12 Å². The Kier molecular flexibility index (Phi) is 3.26. The summed E-state index contributed by atoms with van der Waals surface area (Å²) in [6.07, 6.45) is -2.24. The van der Waals surface area contributed by atoms with Gasteiger partial charge < -0.3 is 15.0 Å². The van der Waals surface area contributed by atoms with Crippen LogP contribution in [0.5, 0.6) is 0 Å². The van der Waals surface area contributed by atoms with Crippen LogP contribution < -0.4 is 5.11 Å². The van der Waals surface area contributed by atoms with Crippen LogP contribution in [0.1, 0.15) is 6.42 Å². The van der Waals surface area contributed by atoms with Gasteiger partial charge in [-0.2, -0.15) is 0 Å². The van der Waals surface area contributed by atoms with Gasteiger partial charge in [0.1, 0.15) is 6.10 Å². The predicted octanol–water partition coefficient (Wildman–Crippen LogP) is -2.06. The summed E-state index contributed by atoms with van der Waals surface area (Å²) < 4.78 is 0. The number of rotatable bonds is 3. The second-order valence-corrected chi connectivity index (χ2v) is 1.87. The maximum absolute atomic E-state index is 10.0. The zero-order chi connectivity index (χ0) is 7.44. The van der Waals surface area contributed by atoms with E-state index in [1.165, 1.54) is 0 Å². The fraction of sp³-hybridized carbons (Fsp3) is 0.500. The third-order valence-electron chi connectivity index (χ3n) is 0.645. The van der Waals surface area contributed by atoms with Crippen LogP contribution in [-0.2, 0) is 9.59 Å². The smallest absolute Gasteiger partial charge is 0.214 e. The molecule has 4 nitrogen and oxygen atoms in total. The van der Waals surface area contributed by atoms with Crippen molar-refractivity contribution >= 4 is 23.7 Å². The van der Waals surface area contributed by atoms with E-state index in [1.54, 1.807) is 0 Å². The summed E-state index contributed by atoms with van der Waals surface area (Å²) in [5.74, 6) is -1.47. The Morgan fingerprint density at radius 3 is 2.22 bits per heavy atom. The van der Waals surface area contributed by atoms with Crippen molar-refractivity contribution in [1.82, 2.24) is 0 Å². The molecule has 0 aliphatic heterocycles. The fourth-order valence-electron chi connectivity index (χ4n) is 0.245. The third kappa shape index (κ3) is 3.99. The van der Waals surface area contributed by atoms with Crippen molar-refractivity contribution in [2.45, 2.75) is 12.5 Å². The molecule has 5 heteroatoms. The average molecular weight is 149 g/mol. The van der Waals surface area contributed by atoms with E-state index >= 15 is 0 Å². The van der Waals surface area contributed by atoms with Gasteiger partial charge in [-0.3, -0.25) is 4.79 Å². The maximum Gasteiger partial charge on any atom is 0.214 e. The zero-order valence-corrected chi connectivity index (χ0v) is 5.30. The van der Waals surface area contributed by atoms with Gasteiger partial charge in [0.25, 0.3) is 0 Å². The Bertz CT molecular complexity index is 133. The standard InChI is InChI=1S/C4H6O4S/c5-2(4(8)9)1-3(6)7/h2,5H,1H2,(H,6,7)(H,8,9)/p-1/t2-/m1/s1. The lowest BCUT2D eigenvalue weighted by atomic mass is 10.3. The number of carbonyl (C=O) groups excluding carboxylic acids is 2. The number of carboxylic acids is 1. The minimum Gasteiger partial charge on any atom is -0.550 e. The van der Waals surface area contributed by atoms with Gasteiger partial charge in [-0.25, -0.2) is 0 Å². The molecule has 0 rings (SSSR count). The summed E-state index contributed by atoms with van der Waals surface area (Å²) >= 11 is 3.19. The van der Waals surface area contributed by atoms with Crippen LogP contribution in [-0.4, -0.2) is 22.3 Å². The molecular weight excluding hydrogens is 144 g/mol. The van der Waals surface area contributed by atoms with Crippen molar-refractivity contribution in [1.29, 1.82) is 0 Å². The van der Waals surface area contributed by atoms with Gasteiger partial charge in [-0.1, -0.05) is 0 Å². The number of aliphatic hydroxyl groups is 1. The number of hydrogen-bond acceptors (Lipinski definition) is 4. The molecule has 0 spiro atoms. The molecule has 0 aliphatic rings. The van der Waals surface area contributed by atoms with E-state index in [9.17, 15) is 14.7 Å². The lowest BCUT2D eigenvalue weighted by Crippen LogP contribution is -2.29. The quantitative estimate of drug-likeness (QED) is 0.452. The summed E-state index contributed by atoms with van der Waals surface area (Å²) in [7, 11) is 0. The minimum atomic E-state index is -1.54. The molecule has 9 heavy (non-hydrogen) atoms. The molecule has 52 valence electrons. The summed E-state index contributed by atoms with van der Waals surface area (Å²) in [5.41, 5.74) is 0. The highest BCUT2D eigenvalue weighted by atomic mass is 32.1. The molecule has 0 saturated heterocycles. The van der Waals surface area contributed by atoms with Gasteiger partial charge in [0.05, 0.1) is 0 Å². The first-order valence-corrected chi connectivity index (χ1v) is 2.59. The molecular formula is C4H5O4S-. The summed E-state index contributed by atoms with van der Waals surface area (Å²) in [6, 6.07) is 0. The van der Waals surface area contributed by atoms with E-state index in [-0.39, 0.29) is 0 Å². The SMILES string of the molecule is O=C([O-])C[C@@H](O)C(=O)S. The van der Waals surface area contributed by atoms with Crippen LogP contribution in [0.4, 0.5) is 0 Å². The molecule has 0 fully saturated rings. The lowest BCUT2D eigenvalue weighted by Gasteiger charge is -2.04. The molecule has 0 saturated carbocycles. The highest BCUT2D eigenvalue weighted by Crippen LogP contribution is 1.93. The molecule has 1 atom stereocenters. The summed E-state index contributed by atoms with van der Waals surface area (Å²) in [6.45, 7) is 0. The number of aliphatic hydroxyl groups excluding tert-OH is 1. The van der Waals surface area contributed by atoms with Crippen molar-refractivity contribution < 1.29 is 19.8 Å². The minimum absolute atomic E-state index is 0.692. The topological polar surface area (TPSA) is 77.4 Å². The summed E-state index contributed by atoms with van der Waals surface area (Å²) in [5, 5.41) is 17.2. The molecule has 0 unspecified atom stereocenters. The molecule has 0 heterocycles. The number of carboxylic acid groups (broad SMARTS) is 1. The monoisotopic (exact) mass is 149 g/mol.